The molecule has 0 N–H and O–H groups in total. The van der Waals surface area contributed by atoms with Gasteiger partial charge in [-0.2, -0.15) is 0 Å². The van der Waals surface area contributed by atoms with Gasteiger partial charge >= 0.3 is 0 Å². The van der Waals surface area contributed by atoms with E-state index in [0.29, 0.717) is 23.2 Å². The number of aromatic nitrogens is 1. The van der Waals surface area contributed by atoms with Gasteiger partial charge in [-0.3, -0.25) is 9.69 Å². The van der Waals surface area contributed by atoms with Crippen LogP contribution in [0.4, 0.5) is 5.13 Å². The third kappa shape index (κ3) is 5.00. The summed E-state index contributed by atoms with van der Waals surface area (Å²) in [5.74, 6) is 1.10. The average molecular weight is 509 g/mol. The molecule has 0 spiro atoms. The third-order valence-corrected chi connectivity index (χ3v) is 6.38. The first-order valence-electron chi connectivity index (χ1n) is 9.89. The minimum absolute atomic E-state index is 0.151. The molecule has 0 saturated carbocycles. The molecule has 0 aliphatic rings. The molecule has 32 heavy (non-hydrogen) atoms. The van der Waals surface area contributed by atoms with Crippen molar-refractivity contribution in [3.05, 3.63) is 88.4 Å². The number of thiazole rings is 1. The van der Waals surface area contributed by atoms with Gasteiger partial charge in [-0.05, 0) is 47.5 Å². The molecule has 0 unspecified atom stereocenters. The van der Waals surface area contributed by atoms with E-state index in [0.717, 1.165) is 25.8 Å². The van der Waals surface area contributed by atoms with Gasteiger partial charge in [0.1, 0.15) is 0 Å². The summed E-state index contributed by atoms with van der Waals surface area (Å²) in [7, 11) is 3.18. The first kappa shape index (κ1) is 22.0. The van der Waals surface area contributed by atoms with Gasteiger partial charge in [-0.1, -0.05) is 63.7 Å². The topological polar surface area (TPSA) is 51.7 Å². The van der Waals surface area contributed by atoms with Crippen molar-refractivity contribution in [2.24, 2.45) is 0 Å². The number of carbonyl (C=O) groups is 1. The zero-order valence-corrected chi connectivity index (χ0v) is 20.0. The number of halogens is 1. The summed E-state index contributed by atoms with van der Waals surface area (Å²) in [5.41, 5.74) is 2.73. The van der Waals surface area contributed by atoms with Crippen LogP contribution in [0.3, 0.4) is 0 Å². The highest BCUT2D eigenvalue weighted by molar-refractivity contribution is 9.10. The van der Waals surface area contributed by atoms with Crippen LogP contribution in [-0.4, -0.2) is 25.1 Å². The van der Waals surface area contributed by atoms with Crippen LogP contribution >= 0.6 is 27.3 Å². The number of fused-ring (bicyclic) bond motifs is 1. The molecule has 162 valence electrons. The molecule has 5 nitrogen and oxygen atoms in total. The predicted octanol–water partition coefficient (Wildman–Crippen LogP) is 6.32. The number of benzene rings is 3. The summed E-state index contributed by atoms with van der Waals surface area (Å²) in [4.78, 5) is 19.7. The molecule has 4 aromatic rings. The highest BCUT2D eigenvalue weighted by Crippen LogP contribution is 2.32. The summed E-state index contributed by atoms with van der Waals surface area (Å²) in [6, 6.07) is 21.3. The number of rotatable bonds is 7. The van der Waals surface area contributed by atoms with Gasteiger partial charge in [0.2, 0.25) is 0 Å². The van der Waals surface area contributed by atoms with Crippen molar-refractivity contribution in [3.63, 3.8) is 0 Å². The summed E-state index contributed by atoms with van der Waals surface area (Å²) in [6.07, 6.45) is 3.33. The van der Waals surface area contributed by atoms with Crippen molar-refractivity contribution in [1.29, 1.82) is 0 Å². The molecule has 0 atom stereocenters. The molecule has 1 amide bonds. The largest absolute Gasteiger partial charge is 0.493 e. The van der Waals surface area contributed by atoms with Gasteiger partial charge in [0.25, 0.3) is 5.91 Å². The fraction of sp³-hybridized carbons (Fsp3) is 0.120. The number of carbonyl (C=O) groups excluding carboxylic acids is 1. The monoisotopic (exact) mass is 508 g/mol. The minimum atomic E-state index is -0.151. The Hall–Kier alpha value is -3.16. The fourth-order valence-corrected chi connectivity index (χ4v) is 4.74. The van der Waals surface area contributed by atoms with E-state index in [9.17, 15) is 4.79 Å². The third-order valence-electron chi connectivity index (χ3n) is 4.85. The van der Waals surface area contributed by atoms with E-state index in [2.05, 4.69) is 15.9 Å². The number of hydrogen-bond donors (Lipinski definition) is 0. The molecular weight excluding hydrogens is 488 g/mol. The van der Waals surface area contributed by atoms with Gasteiger partial charge in [0, 0.05) is 10.5 Å². The average Bonchev–Trinajstić information content (AvgIpc) is 3.24. The first-order valence-corrected chi connectivity index (χ1v) is 11.5. The molecule has 0 radical (unpaired) electrons. The van der Waals surface area contributed by atoms with Crippen LogP contribution in [0.2, 0.25) is 0 Å². The molecule has 0 saturated heterocycles. The second kappa shape index (κ2) is 9.97. The highest BCUT2D eigenvalue weighted by atomic mass is 79.9. The molecule has 3 aromatic carbocycles. The van der Waals surface area contributed by atoms with Gasteiger partial charge in [-0.15, -0.1) is 0 Å². The molecule has 4 rings (SSSR count). The summed E-state index contributed by atoms with van der Waals surface area (Å²) < 4.78 is 12.6. The van der Waals surface area contributed by atoms with Crippen molar-refractivity contribution >= 4 is 54.6 Å². The van der Waals surface area contributed by atoms with E-state index in [1.807, 2.05) is 66.7 Å². The van der Waals surface area contributed by atoms with Crippen LogP contribution in [0.5, 0.6) is 11.5 Å². The van der Waals surface area contributed by atoms with Crippen molar-refractivity contribution in [3.8, 4) is 11.5 Å². The van der Waals surface area contributed by atoms with Gasteiger partial charge < -0.3 is 9.47 Å². The van der Waals surface area contributed by atoms with Gasteiger partial charge in [0.05, 0.1) is 31.0 Å². The molecule has 0 bridgehead atoms. The number of methoxy groups -OCH3 is 2. The molecule has 0 aliphatic carbocycles. The van der Waals surface area contributed by atoms with E-state index >= 15 is 0 Å². The maximum absolute atomic E-state index is 13.3. The maximum Gasteiger partial charge on any atom is 0.253 e. The smallest absolute Gasteiger partial charge is 0.253 e. The SMILES string of the molecule is COc1ccc(/C=C/C(=O)N(Cc2ccccc2)c2nc3ccc(Br)cc3s2)cc1OC. The fourth-order valence-electron chi connectivity index (χ4n) is 3.22. The minimum Gasteiger partial charge on any atom is -0.493 e. The Balaban J connectivity index is 1.65. The lowest BCUT2D eigenvalue weighted by Crippen LogP contribution is -2.28. The van der Waals surface area contributed by atoms with Gasteiger partial charge in [0.15, 0.2) is 16.6 Å². The van der Waals surface area contributed by atoms with E-state index in [4.69, 9.17) is 14.5 Å². The lowest BCUT2D eigenvalue weighted by molar-refractivity contribution is -0.114. The lowest BCUT2D eigenvalue weighted by atomic mass is 10.1. The molecule has 0 aliphatic heterocycles. The number of nitrogens with zero attached hydrogens (tertiary/aromatic N) is 2. The summed E-state index contributed by atoms with van der Waals surface area (Å²) in [5, 5.41) is 0.656. The number of hydrogen-bond acceptors (Lipinski definition) is 5. The Bertz CT molecular complexity index is 1270. The Kier molecular flexibility index (Phi) is 6.87. The van der Waals surface area contributed by atoms with E-state index in [-0.39, 0.29) is 5.91 Å². The van der Waals surface area contributed by atoms with Crippen LogP contribution in [-0.2, 0) is 11.3 Å². The van der Waals surface area contributed by atoms with Crippen molar-refractivity contribution in [2.45, 2.75) is 6.54 Å². The highest BCUT2D eigenvalue weighted by Gasteiger charge is 2.18. The standard InChI is InChI=1S/C25H21BrN2O3S/c1-30-21-12-8-17(14-22(21)31-2)9-13-24(29)28(16-18-6-4-3-5-7-18)25-27-20-11-10-19(26)15-23(20)32-25/h3-15H,16H2,1-2H3/b13-9+. The Morgan fingerprint density at radius 3 is 2.56 bits per heavy atom. The van der Waals surface area contributed by atoms with Gasteiger partial charge in [-0.25, -0.2) is 4.98 Å². The van der Waals surface area contributed by atoms with Crippen LogP contribution in [0, 0.1) is 0 Å². The van der Waals surface area contributed by atoms with Crippen LogP contribution < -0.4 is 14.4 Å². The molecule has 0 fully saturated rings. The summed E-state index contributed by atoms with van der Waals surface area (Å²) >= 11 is 5.00. The summed E-state index contributed by atoms with van der Waals surface area (Å²) in [6.45, 7) is 0.428. The molecule has 1 aromatic heterocycles. The Morgan fingerprint density at radius 1 is 1.03 bits per heavy atom. The first-order chi connectivity index (χ1) is 15.6. The number of ether oxygens (including phenoxy) is 2. The van der Waals surface area contributed by atoms with Crippen LogP contribution in [0.25, 0.3) is 16.3 Å². The Morgan fingerprint density at radius 2 is 1.81 bits per heavy atom. The predicted molar refractivity (Wildman–Crippen MR) is 134 cm³/mol. The quantitative estimate of drug-likeness (QED) is 0.274. The molecule has 1 heterocycles. The second-order valence-corrected chi connectivity index (χ2v) is 8.89. The molecular formula is C25H21BrN2O3S. The van der Waals surface area contributed by atoms with Crippen LogP contribution in [0.1, 0.15) is 11.1 Å². The number of amides is 1. The zero-order chi connectivity index (χ0) is 22.5. The van der Waals surface area contributed by atoms with E-state index < -0.39 is 0 Å². The van der Waals surface area contributed by atoms with E-state index in [1.54, 1.807) is 31.3 Å². The maximum atomic E-state index is 13.3. The molecule has 7 heteroatoms. The van der Waals surface area contributed by atoms with Crippen molar-refractivity contribution in [2.75, 3.05) is 19.1 Å². The van der Waals surface area contributed by atoms with E-state index in [1.165, 1.54) is 11.3 Å². The van der Waals surface area contributed by atoms with Crippen molar-refractivity contribution < 1.29 is 14.3 Å². The lowest BCUT2D eigenvalue weighted by Gasteiger charge is -2.18. The van der Waals surface area contributed by atoms with Crippen LogP contribution in [0.15, 0.2) is 77.3 Å². The number of anilines is 1. The second-order valence-electron chi connectivity index (χ2n) is 6.97. The Labute approximate surface area is 199 Å². The zero-order valence-electron chi connectivity index (χ0n) is 17.6. The van der Waals surface area contributed by atoms with Crippen molar-refractivity contribution in [1.82, 2.24) is 4.98 Å². The normalized spacial score (nSPS) is 11.1.